The smallest absolute Gasteiger partial charge is 0.322 e. The standard InChI is InChI=1S/C13H17N3O3/c1-10-4-2-3-9-15(10)13(17)14-11-5-7-12(8-6-11)16(18)19/h5-8,10H,2-4,9H2,1H3,(H,14,17)/t10-/m0/s1. The molecule has 0 radical (unpaired) electrons. The first-order chi connectivity index (χ1) is 9.08. The zero-order valence-corrected chi connectivity index (χ0v) is 10.8. The van der Waals surface area contributed by atoms with E-state index in [0.29, 0.717) is 5.69 Å². The highest BCUT2D eigenvalue weighted by Gasteiger charge is 2.23. The van der Waals surface area contributed by atoms with Crippen LogP contribution in [0.15, 0.2) is 24.3 Å². The van der Waals surface area contributed by atoms with Crippen LogP contribution >= 0.6 is 0 Å². The summed E-state index contributed by atoms with van der Waals surface area (Å²) in [6.45, 7) is 2.80. The summed E-state index contributed by atoms with van der Waals surface area (Å²) >= 11 is 0. The van der Waals surface area contributed by atoms with Crippen molar-refractivity contribution in [3.05, 3.63) is 34.4 Å². The number of anilines is 1. The number of nitro benzene ring substituents is 1. The van der Waals surface area contributed by atoms with Crippen LogP contribution in [0.5, 0.6) is 0 Å². The van der Waals surface area contributed by atoms with Gasteiger partial charge in [0.25, 0.3) is 5.69 Å². The van der Waals surface area contributed by atoms with Gasteiger partial charge >= 0.3 is 6.03 Å². The minimum absolute atomic E-state index is 0.0179. The highest BCUT2D eigenvalue weighted by molar-refractivity contribution is 5.89. The Bertz CT molecular complexity index is 473. The Balaban J connectivity index is 2.00. The van der Waals surface area contributed by atoms with Gasteiger partial charge in [-0.2, -0.15) is 0 Å². The van der Waals surface area contributed by atoms with E-state index in [1.165, 1.54) is 12.1 Å². The predicted molar refractivity (Wildman–Crippen MR) is 72.1 cm³/mol. The zero-order valence-electron chi connectivity index (χ0n) is 10.8. The SMILES string of the molecule is C[C@H]1CCCCN1C(=O)Nc1ccc([N+](=O)[O-])cc1. The molecule has 19 heavy (non-hydrogen) atoms. The maximum Gasteiger partial charge on any atom is 0.322 e. The fourth-order valence-corrected chi connectivity index (χ4v) is 2.26. The van der Waals surface area contributed by atoms with Crippen molar-refractivity contribution in [3.63, 3.8) is 0 Å². The van der Waals surface area contributed by atoms with Gasteiger partial charge in [-0.05, 0) is 38.3 Å². The zero-order chi connectivity index (χ0) is 13.8. The number of likely N-dealkylation sites (tertiary alicyclic amines) is 1. The lowest BCUT2D eigenvalue weighted by molar-refractivity contribution is -0.384. The van der Waals surface area contributed by atoms with Gasteiger partial charge in [0.05, 0.1) is 4.92 Å². The number of nitrogens with zero attached hydrogens (tertiary/aromatic N) is 2. The third kappa shape index (κ3) is 3.21. The first kappa shape index (κ1) is 13.3. The normalized spacial score (nSPS) is 19.0. The largest absolute Gasteiger partial charge is 0.322 e. The highest BCUT2D eigenvalue weighted by Crippen LogP contribution is 2.19. The number of non-ortho nitro benzene ring substituents is 1. The second-order valence-electron chi connectivity index (χ2n) is 4.77. The summed E-state index contributed by atoms with van der Waals surface area (Å²) < 4.78 is 0. The Kier molecular flexibility index (Phi) is 3.99. The van der Waals surface area contributed by atoms with Gasteiger partial charge in [0, 0.05) is 30.4 Å². The quantitative estimate of drug-likeness (QED) is 0.658. The van der Waals surface area contributed by atoms with Crippen LogP contribution in [0.1, 0.15) is 26.2 Å². The topological polar surface area (TPSA) is 75.5 Å². The molecule has 6 heteroatoms. The number of rotatable bonds is 2. The molecule has 1 aliphatic rings. The molecule has 0 saturated carbocycles. The molecule has 6 nitrogen and oxygen atoms in total. The number of nitrogens with one attached hydrogen (secondary N) is 1. The van der Waals surface area contributed by atoms with Gasteiger partial charge < -0.3 is 10.2 Å². The summed E-state index contributed by atoms with van der Waals surface area (Å²) in [5, 5.41) is 13.3. The van der Waals surface area contributed by atoms with Crippen LogP contribution in [0.25, 0.3) is 0 Å². The van der Waals surface area contributed by atoms with E-state index in [-0.39, 0.29) is 17.8 Å². The van der Waals surface area contributed by atoms with Gasteiger partial charge in [0.2, 0.25) is 0 Å². The molecular formula is C13H17N3O3. The third-order valence-electron chi connectivity index (χ3n) is 3.39. The summed E-state index contributed by atoms with van der Waals surface area (Å²) in [6, 6.07) is 5.97. The average Bonchev–Trinajstić information content (AvgIpc) is 2.39. The van der Waals surface area contributed by atoms with Gasteiger partial charge in [-0.3, -0.25) is 10.1 Å². The van der Waals surface area contributed by atoms with Gasteiger partial charge in [0.15, 0.2) is 0 Å². The molecule has 0 aromatic heterocycles. The van der Waals surface area contributed by atoms with E-state index in [1.54, 1.807) is 12.1 Å². The van der Waals surface area contributed by atoms with Crippen LogP contribution < -0.4 is 5.32 Å². The molecule has 2 amide bonds. The Hall–Kier alpha value is -2.11. The molecule has 102 valence electrons. The predicted octanol–water partition coefficient (Wildman–Crippen LogP) is 3.00. The van der Waals surface area contributed by atoms with Crippen LogP contribution in [0.4, 0.5) is 16.2 Å². The minimum Gasteiger partial charge on any atom is -0.322 e. The van der Waals surface area contributed by atoms with Gasteiger partial charge in [-0.15, -0.1) is 0 Å². The van der Waals surface area contributed by atoms with E-state index in [4.69, 9.17) is 0 Å². The molecule has 0 bridgehead atoms. The Labute approximate surface area is 111 Å². The van der Waals surface area contributed by atoms with E-state index in [9.17, 15) is 14.9 Å². The van der Waals surface area contributed by atoms with Gasteiger partial charge in [-0.25, -0.2) is 4.79 Å². The van der Waals surface area contributed by atoms with Crippen molar-refractivity contribution in [1.82, 2.24) is 4.90 Å². The summed E-state index contributed by atoms with van der Waals surface area (Å²) in [5.41, 5.74) is 0.595. The van der Waals surface area contributed by atoms with E-state index < -0.39 is 4.92 Å². The van der Waals surface area contributed by atoms with Crippen LogP contribution in [-0.2, 0) is 0 Å². The summed E-state index contributed by atoms with van der Waals surface area (Å²) in [7, 11) is 0. The summed E-state index contributed by atoms with van der Waals surface area (Å²) in [4.78, 5) is 24.0. The molecular weight excluding hydrogens is 246 g/mol. The number of carbonyl (C=O) groups excluding carboxylic acids is 1. The summed E-state index contributed by atoms with van der Waals surface area (Å²) in [6.07, 6.45) is 3.20. The van der Waals surface area contributed by atoms with Crippen molar-refractivity contribution < 1.29 is 9.72 Å². The molecule has 1 fully saturated rings. The number of amides is 2. The molecule has 0 spiro atoms. The van der Waals surface area contributed by atoms with E-state index in [1.807, 2.05) is 11.8 Å². The van der Waals surface area contributed by atoms with Gasteiger partial charge in [-0.1, -0.05) is 0 Å². The number of benzene rings is 1. The summed E-state index contributed by atoms with van der Waals surface area (Å²) in [5.74, 6) is 0. The monoisotopic (exact) mass is 263 g/mol. The van der Waals surface area contributed by atoms with Crippen molar-refractivity contribution in [2.75, 3.05) is 11.9 Å². The Morgan fingerprint density at radius 3 is 2.63 bits per heavy atom. The number of piperidine rings is 1. The molecule has 1 N–H and O–H groups in total. The van der Waals surface area contributed by atoms with Crippen molar-refractivity contribution >= 4 is 17.4 Å². The van der Waals surface area contributed by atoms with Crippen LogP contribution in [0.2, 0.25) is 0 Å². The Morgan fingerprint density at radius 2 is 2.05 bits per heavy atom. The van der Waals surface area contributed by atoms with Crippen molar-refractivity contribution in [3.8, 4) is 0 Å². The molecule has 1 aromatic rings. The molecule has 1 atom stereocenters. The second-order valence-corrected chi connectivity index (χ2v) is 4.77. The van der Waals surface area contributed by atoms with Crippen molar-refractivity contribution in [1.29, 1.82) is 0 Å². The molecule has 1 aliphatic heterocycles. The first-order valence-corrected chi connectivity index (χ1v) is 6.40. The number of urea groups is 1. The lowest BCUT2D eigenvalue weighted by Crippen LogP contribution is -2.44. The molecule has 0 unspecified atom stereocenters. The first-order valence-electron chi connectivity index (χ1n) is 6.40. The average molecular weight is 263 g/mol. The Morgan fingerprint density at radius 1 is 1.37 bits per heavy atom. The molecule has 2 rings (SSSR count). The molecule has 1 heterocycles. The fraction of sp³-hybridized carbons (Fsp3) is 0.462. The number of carbonyl (C=O) groups is 1. The van der Waals surface area contributed by atoms with Crippen LogP contribution in [-0.4, -0.2) is 28.4 Å². The maximum absolute atomic E-state index is 12.1. The van der Waals surface area contributed by atoms with E-state index in [0.717, 1.165) is 25.8 Å². The van der Waals surface area contributed by atoms with Crippen molar-refractivity contribution in [2.24, 2.45) is 0 Å². The number of hydrogen-bond donors (Lipinski definition) is 1. The van der Waals surface area contributed by atoms with Crippen LogP contribution in [0, 0.1) is 10.1 Å². The van der Waals surface area contributed by atoms with Gasteiger partial charge in [0.1, 0.15) is 0 Å². The second kappa shape index (κ2) is 5.69. The minimum atomic E-state index is -0.460. The lowest BCUT2D eigenvalue weighted by Gasteiger charge is -2.33. The number of hydrogen-bond acceptors (Lipinski definition) is 3. The van der Waals surface area contributed by atoms with Crippen LogP contribution in [0.3, 0.4) is 0 Å². The highest BCUT2D eigenvalue weighted by atomic mass is 16.6. The molecule has 1 aromatic carbocycles. The lowest BCUT2D eigenvalue weighted by atomic mass is 10.0. The fourth-order valence-electron chi connectivity index (χ4n) is 2.26. The third-order valence-corrected chi connectivity index (χ3v) is 3.39. The van der Waals surface area contributed by atoms with E-state index in [2.05, 4.69) is 5.32 Å². The maximum atomic E-state index is 12.1. The number of nitro groups is 1. The van der Waals surface area contributed by atoms with Crippen molar-refractivity contribution in [2.45, 2.75) is 32.2 Å². The molecule has 1 saturated heterocycles. The molecule has 0 aliphatic carbocycles. The van der Waals surface area contributed by atoms with E-state index >= 15 is 0 Å².